The second-order valence-electron chi connectivity index (χ2n) is 6.01. The molecule has 0 aliphatic carbocycles. The monoisotopic (exact) mass is 366 g/mol. The number of benzene rings is 3. The highest BCUT2D eigenvalue weighted by Crippen LogP contribution is 2.33. The van der Waals surface area contributed by atoms with Gasteiger partial charge in [0.25, 0.3) is 0 Å². The molecule has 0 N–H and O–H groups in total. The second-order valence-corrected chi connectivity index (χ2v) is 8.57. The summed E-state index contributed by atoms with van der Waals surface area (Å²) in [5.41, 5.74) is 1.30. The fraction of sp³-hybridized carbons (Fsp3) is 0.182. The molecule has 3 heteroatoms. The SMILES string of the molecule is CCC(C)c1ccc(S(=O)c2ccccc2Sc2ccccc2)cc1. The molecule has 0 radical (unpaired) electrons. The van der Waals surface area contributed by atoms with Gasteiger partial charge in [-0.2, -0.15) is 0 Å². The summed E-state index contributed by atoms with van der Waals surface area (Å²) in [7, 11) is -1.18. The zero-order valence-corrected chi connectivity index (χ0v) is 16.1. The van der Waals surface area contributed by atoms with Crippen LogP contribution in [0.4, 0.5) is 0 Å². The Morgan fingerprint density at radius 1 is 0.880 bits per heavy atom. The molecular weight excluding hydrogens is 344 g/mol. The van der Waals surface area contributed by atoms with Crippen molar-refractivity contribution in [2.45, 2.75) is 45.8 Å². The molecule has 0 bridgehead atoms. The van der Waals surface area contributed by atoms with E-state index in [-0.39, 0.29) is 0 Å². The van der Waals surface area contributed by atoms with Crippen LogP contribution in [-0.2, 0) is 10.8 Å². The second kappa shape index (κ2) is 8.50. The maximum absolute atomic E-state index is 13.1. The molecule has 128 valence electrons. The van der Waals surface area contributed by atoms with Crippen molar-refractivity contribution >= 4 is 22.6 Å². The van der Waals surface area contributed by atoms with Gasteiger partial charge >= 0.3 is 0 Å². The van der Waals surface area contributed by atoms with Crippen LogP contribution in [0.3, 0.4) is 0 Å². The lowest BCUT2D eigenvalue weighted by atomic mass is 9.99. The predicted octanol–water partition coefficient (Wildman–Crippen LogP) is 6.52. The summed E-state index contributed by atoms with van der Waals surface area (Å²) in [6.07, 6.45) is 1.11. The van der Waals surface area contributed by atoms with Gasteiger partial charge in [-0.3, -0.25) is 0 Å². The van der Waals surface area contributed by atoms with E-state index in [1.165, 1.54) is 5.56 Å². The Hall–Kier alpha value is -1.84. The van der Waals surface area contributed by atoms with Gasteiger partial charge < -0.3 is 0 Å². The normalized spacial score (nSPS) is 13.4. The molecule has 1 nitrogen and oxygen atoms in total. The first kappa shape index (κ1) is 18.0. The zero-order valence-electron chi connectivity index (χ0n) is 14.5. The third-order valence-electron chi connectivity index (χ3n) is 4.30. The van der Waals surface area contributed by atoms with Gasteiger partial charge in [0.2, 0.25) is 0 Å². The van der Waals surface area contributed by atoms with Crippen LogP contribution in [0.25, 0.3) is 0 Å². The van der Waals surface area contributed by atoms with Crippen molar-refractivity contribution in [3.8, 4) is 0 Å². The van der Waals surface area contributed by atoms with Crippen molar-refractivity contribution in [1.29, 1.82) is 0 Å². The summed E-state index contributed by atoms with van der Waals surface area (Å²) in [4.78, 5) is 3.91. The Bertz CT molecular complexity index is 841. The summed E-state index contributed by atoms with van der Waals surface area (Å²) >= 11 is 1.66. The van der Waals surface area contributed by atoms with E-state index in [1.807, 2.05) is 54.6 Å². The fourth-order valence-corrected chi connectivity index (χ4v) is 4.89. The first-order chi connectivity index (χ1) is 12.2. The minimum atomic E-state index is -1.18. The maximum Gasteiger partial charge on any atom is 0.0861 e. The van der Waals surface area contributed by atoms with Crippen LogP contribution in [-0.4, -0.2) is 4.21 Å². The van der Waals surface area contributed by atoms with E-state index in [0.29, 0.717) is 5.92 Å². The molecule has 0 aromatic heterocycles. The highest BCUT2D eigenvalue weighted by molar-refractivity contribution is 8.00. The van der Waals surface area contributed by atoms with Crippen molar-refractivity contribution in [3.63, 3.8) is 0 Å². The highest BCUT2D eigenvalue weighted by atomic mass is 32.2. The standard InChI is InChI=1S/C22H22OS2/c1-3-17(2)18-13-15-20(16-14-18)25(23)22-12-8-7-11-21(22)24-19-9-5-4-6-10-19/h4-17H,3H2,1-2H3. The van der Waals surface area contributed by atoms with Gasteiger partial charge in [0, 0.05) is 14.7 Å². The van der Waals surface area contributed by atoms with Gasteiger partial charge in [0.05, 0.1) is 15.7 Å². The van der Waals surface area contributed by atoms with Gasteiger partial charge in [-0.1, -0.05) is 68.1 Å². The van der Waals surface area contributed by atoms with Crippen molar-refractivity contribution in [2.75, 3.05) is 0 Å². The molecule has 2 unspecified atom stereocenters. The van der Waals surface area contributed by atoms with Crippen LogP contribution >= 0.6 is 11.8 Å². The van der Waals surface area contributed by atoms with E-state index < -0.39 is 10.8 Å². The van der Waals surface area contributed by atoms with Crippen LogP contribution in [0, 0.1) is 0 Å². The lowest BCUT2D eigenvalue weighted by Gasteiger charge is -2.11. The van der Waals surface area contributed by atoms with Crippen LogP contribution in [0.15, 0.2) is 98.4 Å². The quantitative estimate of drug-likeness (QED) is 0.494. The van der Waals surface area contributed by atoms with Crippen molar-refractivity contribution < 1.29 is 4.21 Å². The van der Waals surface area contributed by atoms with Crippen LogP contribution in [0.2, 0.25) is 0 Å². The fourth-order valence-electron chi connectivity index (χ4n) is 2.59. The van der Waals surface area contributed by atoms with E-state index in [0.717, 1.165) is 26.0 Å². The maximum atomic E-state index is 13.1. The van der Waals surface area contributed by atoms with Gasteiger partial charge in [-0.25, -0.2) is 4.21 Å². The van der Waals surface area contributed by atoms with Crippen LogP contribution in [0.1, 0.15) is 31.7 Å². The Balaban J connectivity index is 1.87. The molecule has 0 spiro atoms. The molecule has 25 heavy (non-hydrogen) atoms. The predicted molar refractivity (Wildman–Crippen MR) is 107 cm³/mol. The molecule has 0 saturated carbocycles. The summed E-state index contributed by atoms with van der Waals surface area (Å²) in [6, 6.07) is 26.4. The van der Waals surface area contributed by atoms with Crippen LogP contribution < -0.4 is 0 Å². The lowest BCUT2D eigenvalue weighted by molar-refractivity contribution is 0.681. The van der Waals surface area contributed by atoms with E-state index in [1.54, 1.807) is 11.8 Å². The molecular formula is C22H22OS2. The Morgan fingerprint density at radius 3 is 2.20 bits per heavy atom. The van der Waals surface area contributed by atoms with Crippen molar-refractivity contribution in [3.05, 3.63) is 84.4 Å². The molecule has 0 amide bonds. The largest absolute Gasteiger partial charge is 0.249 e. The third-order valence-corrected chi connectivity index (χ3v) is 6.96. The first-order valence-corrected chi connectivity index (χ1v) is 10.5. The Kier molecular flexibility index (Phi) is 6.11. The lowest BCUT2D eigenvalue weighted by Crippen LogP contribution is -1.97. The molecule has 3 aromatic rings. The number of rotatable bonds is 6. The van der Waals surface area contributed by atoms with Crippen molar-refractivity contribution in [1.82, 2.24) is 0 Å². The average Bonchev–Trinajstić information content (AvgIpc) is 2.68. The summed E-state index contributed by atoms with van der Waals surface area (Å²) in [6.45, 7) is 4.41. The van der Waals surface area contributed by atoms with Crippen LogP contribution in [0.5, 0.6) is 0 Å². The number of hydrogen-bond acceptors (Lipinski definition) is 2. The highest BCUT2D eigenvalue weighted by Gasteiger charge is 2.13. The van der Waals surface area contributed by atoms with E-state index in [2.05, 4.69) is 38.1 Å². The van der Waals surface area contributed by atoms with E-state index in [9.17, 15) is 4.21 Å². The Labute approximate surface area is 157 Å². The molecule has 3 aromatic carbocycles. The molecule has 3 rings (SSSR count). The average molecular weight is 367 g/mol. The number of hydrogen-bond donors (Lipinski definition) is 0. The van der Waals surface area contributed by atoms with E-state index >= 15 is 0 Å². The van der Waals surface area contributed by atoms with Gasteiger partial charge in [-0.15, -0.1) is 0 Å². The Morgan fingerprint density at radius 2 is 1.52 bits per heavy atom. The molecule has 0 fully saturated rings. The summed E-state index contributed by atoms with van der Waals surface area (Å²) < 4.78 is 13.1. The van der Waals surface area contributed by atoms with Gasteiger partial charge in [-0.05, 0) is 54.3 Å². The van der Waals surface area contributed by atoms with Gasteiger partial charge in [0.15, 0.2) is 0 Å². The topological polar surface area (TPSA) is 17.1 Å². The summed E-state index contributed by atoms with van der Waals surface area (Å²) in [5.74, 6) is 0.531. The van der Waals surface area contributed by atoms with Crippen molar-refractivity contribution in [2.24, 2.45) is 0 Å². The van der Waals surface area contributed by atoms with E-state index in [4.69, 9.17) is 0 Å². The molecule has 0 heterocycles. The first-order valence-electron chi connectivity index (χ1n) is 8.52. The molecule has 0 saturated heterocycles. The molecule has 0 aliphatic rings. The third kappa shape index (κ3) is 4.42. The summed E-state index contributed by atoms with van der Waals surface area (Å²) in [5, 5.41) is 0. The smallest absolute Gasteiger partial charge is 0.0861 e. The minimum absolute atomic E-state index is 0.531. The molecule has 2 atom stereocenters. The van der Waals surface area contributed by atoms with Gasteiger partial charge in [0.1, 0.15) is 0 Å². The zero-order chi connectivity index (χ0) is 17.6. The minimum Gasteiger partial charge on any atom is -0.249 e. The molecule has 0 aliphatic heterocycles.